The zero-order valence-corrected chi connectivity index (χ0v) is 21.1. The number of unbranched alkanes of at least 4 members (excludes halogenated alkanes) is 10. The zero-order chi connectivity index (χ0) is 19.7. The fraction of sp³-hybridized carbons (Fsp3) is 1.00. The summed E-state index contributed by atoms with van der Waals surface area (Å²) in [5.41, 5.74) is 0. The Hall–Kier alpha value is 0.870. The van der Waals surface area contributed by atoms with E-state index in [-0.39, 0.29) is 35.7 Å². The standard InChI is InChI=1S/C21H44O4S.Na/c1-3-5-6-7-8-9-10-11-12-13-14-18-21(26(23,24)25)19-15-17-20(22)16-4-2;/h20-22H,3-19H2,1-2H3,(H,23,24,25);/q;+1/p-1. The molecule has 0 fully saturated rings. The molecule has 0 aromatic carbocycles. The Morgan fingerprint density at radius 2 is 1.11 bits per heavy atom. The van der Waals surface area contributed by atoms with E-state index in [2.05, 4.69) is 6.92 Å². The first-order valence-electron chi connectivity index (χ1n) is 11.0. The van der Waals surface area contributed by atoms with Crippen LogP contribution in [0.15, 0.2) is 0 Å². The molecule has 27 heavy (non-hydrogen) atoms. The Morgan fingerprint density at radius 1 is 0.667 bits per heavy atom. The summed E-state index contributed by atoms with van der Waals surface area (Å²) in [6, 6.07) is 0. The monoisotopic (exact) mass is 414 g/mol. The molecule has 0 heterocycles. The third-order valence-corrected chi connectivity index (χ3v) is 6.51. The maximum atomic E-state index is 11.4. The van der Waals surface area contributed by atoms with Crippen molar-refractivity contribution in [2.45, 2.75) is 134 Å². The minimum Gasteiger partial charge on any atom is -0.748 e. The fourth-order valence-electron chi connectivity index (χ4n) is 3.53. The molecule has 0 spiro atoms. The molecule has 1 N–H and O–H groups in total. The minimum absolute atomic E-state index is 0. The van der Waals surface area contributed by atoms with E-state index >= 15 is 0 Å². The first-order chi connectivity index (χ1) is 12.4. The second-order valence-corrected chi connectivity index (χ2v) is 9.46. The van der Waals surface area contributed by atoms with Gasteiger partial charge in [0.25, 0.3) is 0 Å². The van der Waals surface area contributed by atoms with Gasteiger partial charge in [-0.05, 0) is 32.1 Å². The van der Waals surface area contributed by atoms with Gasteiger partial charge in [0.2, 0.25) is 0 Å². The van der Waals surface area contributed by atoms with Gasteiger partial charge in [0, 0.05) is 5.25 Å². The fourth-order valence-corrected chi connectivity index (χ4v) is 4.44. The molecule has 0 aliphatic carbocycles. The second kappa shape index (κ2) is 20.2. The van der Waals surface area contributed by atoms with Crippen LogP contribution in [-0.2, 0) is 10.1 Å². The van der Waals surface area contributed by atoms with Crippen molar-refractivity contribution in [3.05, 3.63) is 0 Å². The molecule has 0 aromatic rings. The van der Waals surface area contributed by atoms with E-state index in [4.69, 9.17) is 0 Å². The largest absolute Gasteiger partial charge is 1.00 e. The zero-order valence-electron chi connectivity index (χ0n) is 18.3. The van der Waals surface area contributed by atoms with E-state index < -0.39 is 15.4 Å². The quantitative estimate of drug-likeness (QED) is 0.200. The van der Waals surface area contributed by atoms with Crippen LogP contribution < -0.4 is 29.6 Å². The predicted octanol–water partition coefficient (Wildman–Crippen LogP) is 2.94. The average Bonchev–Trinajstić information content (AvgIpc) is 2.57. The van der Waals surface area contributed by atoms with Crippen LogP contribution in [0, 0.1) is 0 Å². The van der Waals surface area contributed by atoms with Crippen molar-refractivity contribution in [2.24, 2.45) is 0 Å². The van der Waals surface area contributed by atoms with Gasteiger partial charge in [-0.3, -0.25) is 0 Å². The molecular formula is C21H43NaO4S. The number of hydrogen-bond acceptors (Lipinski definition) is 4. The first kappa shape index (κ1) is 30.1. The summed E-state index contributed by atoms with van der Waals surface area (Å²) in [5, 5.41) is 8.95. The van der Waals surface area contributed by atoms with Crippen LogP contribution in [0.5, 0.6) is 0 Å². The van der Waals surface area contributed by atoms with Crippen molar-refractivity contribution in [1.29, 1.82) is 0 Å². The molecule has 0 bridgehead atoms. The Kier molecular flexibility index (Phi) is 22.4. The van der Waals surface area contributed by atoms with Gasteiger partial charge in [-0.1, -0.05) is 90.9 Å². The number of aliphatic hydroxyl groups excluding tert-OH is 1. The van der Waals surface area contributed by atoms with Gasteiger partial charge >= 0.3 is 29.6 Å². The molecule has 0 aliphatic rings. The minimum atomic E-state index is -4.22. The molecule has 0 saturated heterocycles. The number of hydrogen-bond donors (Lipinski definition) is 1. The molecule has 0 aromatic heterocycles. The molecular weight excluding hydrogens is 371 g/mol. The van der Waals surface area contributed by atoms with Crippen molar-refractivity contribution in [2.75, 3.05) is 0 Å². The maximum Gasteiger partial charge on any atom is 1.00 e. The van der Waals surface area contributed by atoms with Crippen molar-refractivity contribution < 1.29 is 47.6 Å². The van der Waals surface area contributed by atoms with Crippen LogP contribution in [0.4, 0.5) is 0 Å². The van der Waals surface area contributed by atoms with Crippen LogP contribution in [0.3, 0.4) is 0 Å². The van der Waals surface area contributed by atoms with Gasteiger partial charge in [0.15, 0.2) is 0 Å². The molecule has 2 atom stereocenters. The third-order valence-electron chi connectivity index (χ3n) is 5.22. The van der Waals surface area contributed by atoms with Gasteiger partial charge < -0.3 is 9.66 Å². The van der Waals surface area contributed by atoms with E-state index in [1.165, 1.54) is 51.4 Å². The van der Waals surface area contributed by atoms with E-state index in [9.17, 15) is 18.1 Å². The summed E-state index contributed by atoms with van der Waals surface area (Å²) in [4.78, 5) is 0. The first-order valence-corrected chi connectivity index (χ1v) is 12.5. The van der Waals surface area contributed by atoms with Crippen LogP contribution in [0.25, 0.3) is 0 Å². The van der Waals surface area contributed by atoms with Crippen LogP contribution in [0.1, 0.15) is 123 Å². The molecule has 0 rings (SSSR count). The summed E-state index contributed by atoms with van der Waals surface area (Å²) in [7, 11) is -4.22. The SMILES string of the molecule is CCCCCCCCCCCCCC(CCCC(O)CCC)S(=O)(=O)[O-].[Na+]. The molecule has 0 aliphatic heterocycles. The Balaban J connectivity index is 0. The number of aliphatic hydroxyl groups is 1. The molecule has 158 valence electrons. The van der Waals surface area contributed by atoms with Crippen LogP contribution in [-0.4, -0.2) is 29.4 Å². The third kappa shape index (κ3) is 19.9. The summed E-state index contributed by atoms with van der Waals surface area (Å²) in [5.74, 6) is 0. The van der Waals surface area contributed by atoms with Gasteiger partial charge in [0.1, 0.15) is 0 Å². The topological polar surface area (TPSA) is 77.4 Å². The van der Waals surface area contributed by atoms with Gasteiger partial charge in [-0.25, -0.2) is 8.42 Å². The Labute approximate surface area is 191 Å². The van der Waals surface area contributed by atoms with Crippen molar-refractivity contribution in [3.8, 4) is 0 Å². The molecule has 0 saturated carbocycles. The normalized spacial score (nSPS) is 13.9. The summed E-state index contributed by atoms with van der Waals surface area (Å²) < 4.78 is 34.3. The van der Waals surface area contributed by atoms with E-state index in [1.807, 2.05) is 6.92 Å². The average molecular weight is 415 g/mol. The van der Waals surface area contributed by atoms with Gasteiger partial charge in [0.05, 0.1) is 16.2 Å². The van der Waals surface area contributed by atoms with Crippen molar-refractivity contribution >= 4 is 10.1 Å². The summed E-state index contributed by atoms with van der Waals surface area (Å²) in [6.45, 7) is 4.25. The van der Waals surface area contributed by atoms with Crippen LogP contribution >= 0.6 is 0 Å². The van der Waals surface area contributed by atoms with Gasteiger partial charge in [-0.2, -0.15) is 0 Å². The molecule has 4 nitrogen and oxygen atoms in total. The molecule has 6 heteroatoms. The van der Waals surface area contributed by atoms with E-state index in [1.54, 1.807) is 0 Å². The predicted molar refractivity (Wildman–Crippen MR) is 109 cm³/mol. The Bertz CT molecular complexity index is 401. The molecule has 0 amide bonds. The van der Waals surface area contributed by atoms with E-state index in [0.29, 0.717) is 25.7 Å². The maximum absolute atomic E-state index is 11.4. The molecule has 2 unspecified atom stereocenters. The van der Waals surface area contributed by atoms with Gasteiger partial charge in [-0.15, -0.1) is 0 Å². The summed E-state index contributed by atoms with van der Waals surface area (Å²) in [6.07, 6.45) is 16.8. The summed E-state index contributed by atoms with van der Waals surface area (Å²) >= 11 is 0. The number of rotatable bonds is 19. The Morgan fingerprint density at radius 3 is 1.56 bits per heavy atom. The van der Waals surface area contributed by atoms with Crippen LogP contribution in [0.2, 0.25) is 0 Å². The van der Waals surface area contributed by atoms with Crippen molar-refractivity contribution in [3.63, 3.8) is 0 Å². The van der Waals surface area contributed by atoms with E-state index in [0.717, 1.165) is 32.1 Å². The molecule has 0 radical (unpaired) electrons. The van der Waals surface area contributed by atoms with Crippen molar-refractivity contribution in [1.82, 2.24) is 0 Å². The second-order valence-electron chi connectivity index (χ2n) is 7.81. The smallest absolute Gasteiger partial charge is 0.748 e.